The van der Waals surface area contributed by atoms with Gasteiger partial charge in [-0.1, -0.05) is 37.3 Å². The zero-order valence-corrected chi connectivity index (χ0v) is 8.53. The first-order valence-electron chi connectivity index (χ1n) is 4.95. The third kappa shape index (κ3) is 1.81. The number of carbonyl (C=O) groups excluding carboxylic acids is 1. The molecule has 0 saturated carbocycles. The minimum atomic E-state index is 0.00458. The highest BCUT2D eigenvalue weighted by atomic mass is 16.1. The van der Waals surface area contributed by atoms with Crippen LogP contribution in [-0.2, 0) is 6.42 Å². The molecule has 3 heteroatoms. The van der Waals surface area contributed by atoms with Gasteiger partial charge in [-0.05, 0) is 6.42 Å². The molecule has 2 rings (SSSR count). The number of benzene rings is 1. The average Bonchev–Trinajstić information content (AvgIpc) is 2.77. The summed E-state index contributed by atoms with van der Waals surface area (Å²) < 4.78 is 0. The summed E-state index contributed by atoms with van der Waals surface area (Å²) in [5, 5.41) is 6.65. The predicted octanol–water partition coefficient (Wildman–Crippen LogP) is 2.20. The summed E-state index contributed by atoms with van der Waals surface area (Å²) in [7, 11) is 0. The van der Waals surface area contributed by atoms with E-state index >= 15 is 0 Å². The minimum absolute atomic E-state index is 0.00458. The second kappa shape index (κ2) is 4.09. The van der Waals surface area contributed by atoms with Gasteiger partial charge in [-0.25, -0.2) is 0 Å². The number of nitrogens with one attached hydrogen (secondary N) is 1. The smallest absolute Gasteiger partial charge is 0.211 e. The maximum Gasteiger partial charge on any atom is 0.211 e. The summed E-state index contributed by atoms with van der Waals surface area (Å²) in [6.45, 7) is 2.01. The van der Waals surface area contributed by atoms with Crippen molar-refractivity contribution in [2.75, 3.05) is 0 Å². The lowest BCUT2D eigenvalue weighted by molar-refractivity contribution is 0.103. The van der Waals surface area contributed by atoms with Crippen molar-refractivity contribution >= 4 is 5.78 Å². The first-order valence-corrected chi connectivity index (χ1v) is 4.95. The van der Waals surface area contributed by atoms with Crippen molar-refractivity contribution in [3.8, 4) is 0 Å². The van der Waals surface area contributed by atoms with Gasteiger partial charge in [0.05, 0.1) is 6.20 Å². The Morgan fingerprint density at radius 2 is 2.07 bits per heavy atom. The Bertz CT molecular complexity index is 459. The van der Waals surface area contributed by atoms with Gasteiger partial charge in [0, 0.05) is 11.1 Å². The summed E-state index contributed by atoms with van der Waals surface area (Å²) in [5.74, 6) is 0.00458. The second-order valence-electron chi connectivity index (χ2n) is 3.32. The summed E-state index contributed by atoms with van der Waals surface area (Å²) in [6, 6.07) is 9.22. The molecule has 0 radical (unpaired) electrons. The van der Waals surface area contributed by atoms with Crippen LogP contribution in [0, 0.1) is 0 Å². The molecule has 76 valence electrons. The predicted molar refractivity (Wildman–Crippen MR) is 57.8 cm³/mol. The molecule has 2 aromatic rings. The number of aryl methyl sites for hydroxylation is 1. The van der Waals surface area contributed by atoms with E-state index in [0.717, 1.165) is 12.0 Å². The Hall–Kier alpha value is -1.90. The number of ketones is 1. The Morgan fingerprint density at radius 1 is 1.33 bits per heavy atom. The lowest BCUT2D eigenvalue weighted by Crippen LogP contribution is -2.04. The molecule has 1 heterocycles. The molecule has 0 spiro atoms. The molecule has 0 amide bonds. The molecule has 1 aromatic heterocycles. The highest BCUT2D eigenvalue weighted by Gasteiger charge is 2.13. The first kappa shape index (κ1) is 9.65. The second-order valence-corrected chi connectivity index (χ2v) is 3.32. The third-order valence-electron chi connectivity index (χ3n) is 2.36. The number of H-pyrrole nitrogens is 1. The van der Waals surface area contributed by atoms with Crippen LogP contribution in [0.5, 0.6) is 0 Å². The molecule has 0 aliphatic carbocycles. The first-order chi connectivity index (χ1) is 7.33. The van der Waals surface area contributed by atoms with Crippen LogP contribution in [-0.4, -0.2) is 16.0 Å². The molecule has 0 saturated heterocycles. The fourth-order valence-electron chi connectivity index (χ4n) is 1.51. The number of rotatable bonds is 3. The van der Waals surface area contributed by atoms with Crippen molar-refractivity contribution in [3.05, 3.63) is 53.3 Å². The van der Waals surface area contributed by atoms with Crippen LogP contribution < -0.4 is 0 Å². The molecule has 15 heavy (non-hydrogen) atoms. The molecule has 0 aliphatic heterocycles. The van der Waals surface area contributed by atoms with Crippen LogP contribution in [0.3, 0.4) is 0 Å². The molecule has 0 bridgehead atoms. The summed E-state index contributed by atoms with van der Waals surface area (Å²) in [5.41, 5.74) is 2.25. The third-order valence-corrected chi connectivity index (χ3v) is 2.36. The molecular weight excluding hydrogens is 188 g/mol. The lowest BCUT2D eigenvalue weighted by atomic mass is 10.0. The number of aromatic nitrogens is 2. The lowest BCUT2D eigenvalue weighted by Gasteiger charge is -1.99. The van der Waals surface area contributed by atoms with Gasteiger partial charge in [-0.3, -0.25) is 9.89 Å². The van der Waals surface area contributed by atoms with Crippen LogP contribution >= 0.6 is 0 Å². The van der Waals surface area contributed by atoms with Crippen molar-refractivity contribution in [2.24, 2.45) is 0 Å². The molecule has 0 fully saturated rings. The number of hydrogen-bond acceptors (Lipinski definition) is 2. The van der Waals surface area contributed by atoms with Crippen LogP contribution in [0.25, 0.3) is 0 Å². The zero-order chi connectivity index (χ0) is 10.7. The molecule has 1 N–H and O–H groups in total. The Morgan fingerprint density at radius 3 is 2.73 bits per heavy atom. The zero-order valence-electron chi connectivity index (χ0n) is 8.53. The van der Waals surface area contributed by atoms with Crippen LogP contribution in [0.15, 0.2) is 36.5 Å². The summed E-state index contributed by atoms with van der Waals surface area (Å²) in [6.07, 6.45) is 2.51. The van der Waals surface area contributed by atoms with Crippen molar-refractivity contribution in [3.63, 3.8) is 0 Å². The van der Waals surface area contributed by atoms with Gasteiger partial charge < -0.3 is 0 Å². The monoisotopic (exact) mass is 200 g/mol. The van der Waals surface area contributed by atoms with E-state index in [2.05, 4.69) is 10.2 Å². The van der Waals surface area contributed by atoms with Crippen LogP contribution in [0.1, 0.15) is 28.5 Å². The minimum Gasteiger partial charge on any atom is -0.287 e. The Labute approximate surface area is 88.1 Å². The SMILES string of the molecule is CCc1cn[nH]c1C(=O)c1ccccc1. The molecule has 1 aromatic carbocycles. The highest BCUT2D eigenvalue weighted by molar-refractivity contribution is 6.08. The maximum atomic E-state index is 12.0. The molecule has 0 atom stereocenters. The number of hydrogen-bond donors (Lipinski definition) is 1. The standard InChI is InChI=1S/C12H12N2O/c1-2-9-8-13-14-11(9)12(15)10-6-4-3-5-7-10/h3-8H,2H2,1H3,(H,13,14). The van der Waals surface area contributed by atoms with E-state index in [-0.39, 0.29) is 5.78 Å². The molecule has 3 nitrogen and oxygen atoms in total. The average molecular weight is 200 g/mol. The van der Waals surface area contributed by atoms with Crippen molar-refractivity contribution in [2.45, 2.75) is 13.3 Å². The van der Waals surface area contributed by atoms with E-state index < -0.39 is 0 Å². The summed E-state index contributed by atoms with van der Waals surface area (Å²) >= 11 is 0. The maximum absolute atomic E-state index is 12.0. The van der Waals surface area contributed by atoms with Gasteiger partial charge >= 0.3 is 0 Å². The fourth-order valence-corrected chi connectivity index (χ4v) is 1.51. The summed E-state index contributed by atoms with van der Waals surface area (Å²) in [4.78, 5) is 12.0. The van der Waals surface area contributed by atoms with Gasteiger partial charge in [0.25, 0.3) is 0 Å². The van der Waals surface area contributed by atoms with Crippen molar-refractivity contribution in [1.82, 2.24) is 10.2 Å². The number of nitrogens with zero attached hydrogens (tertiary/aromatic N) is 1. The van der Waals surface area contributed by atoms with E-state index in [9.17, 15) is 4.79 Å². The molecule has 0 unspecified atom stereocenters. The number of aromatic amines is 1. The van der Waals surface area contributed by atoms with E-state index in [4.69, 9.17) is 0 Å². The topological polar surface area (TPSA) is 45.8 Å². The van der Waals surface area contributed by atoms with E-state index in [1.807, 2.05) is 37.3 Å². The van der Waals surface area contributed by atoms with Gasteiger partial charge in [-0.2, -0.15) is 5.10 Å². The molecule has 0 aliphatic rings. The number of carbonyl (C=O) groups is 1. The quantitative estimate of drug-likeness (QED) is 0.772. The Kier molecular flexibility index (Phi) is 2.63. The highest BCUT2D eigenvalue weighted by Crippen LogP contribution is 2.11. The van der Waals surface area contributed by atoms with Gasteiger partial charge in [0.2, 0.25) is 5.78 Å². The molecular formula is C12H12N2O. The van der Waals surface area contributed by atoms with Gasteiger partial charge in [0.15, 0.2) is 0 Å². The van der Waals surface area contributed by atoms with Crippen molar-refractivity contribution in [1.29, 1.82) is 0 Å². The van der Waals surface area contributed by atoms with Gasteiger partial charge in [-0.15, -0.1) is 0 Å². The normalized spacial score (nSPS) is 10.2. The van der Waals surface area contributed by atoms with E-state index in [0.29, 0.717) is 11.3 Å². The largest absolute Gasteiger partial charge is 0.287 e. The van der Waals surface area contributed by atoms with Crippen molar-refractivity contribution < 1.29 is 4.79 Å². The van der Waals surface area contributed by atoms with Gasteiger partial charge in [0.1, 0.15) is 5.69 Å². The Balaban J connectivity index is 2.37. The van der Waals surface area contributed by atoms with E-state index in [1.165, 1.54) is 0 Å². The van der Waals surface area contributed by atoms with E-state index in [1.54, 1.807) is 6.20 Å². The van der Waals surface area contributed by atoms with Crippen LogP contribution in [0.4, 0.5) is 0 Å². The fraction of sp³-hybridized carbons (Fsp3) is 0.167. The van der Waals surface area contributed by atoms with Crippen LogP contribution in [0.2, 0.25) is 0 Å².